The molecule has 0 bridgehead atoms. The summed E-state index contributed by atoms with van der Waals surface area (Å²) in [4.78, 5) is 10.8. The Kier molecular flexibility index (Phi) is 3.66. The van der Waals surface area contributed by atoms with Crippen molar-refractivity contribution in [2.24, 2.45) is 0 Å². The Balaban J connectivity index is 2.06. The van der Waals surface area contributed by atoms with Gasteiger partial charge in [-0.25, -0.2) is 9.18 Å². The average Bonchev–Trinajstić information content (AvgIpc) is 2.37. The van der Waals surface area contributed by atoms with Crippen molar-refractivity contribution < 1.29 is 14.3 Å². The van der Waals surface area contributed by atoms with E-state index < -0.39 is 5.97 Å². The molecule has 98 valence electrons. The van der Waals surface area contributed by atoms with Gasteiger partial charge in [0.25, 0.3) is 0 Å². The predicted molar refractivity (Wildman–Crippen MR) is 71.5 cm³/mol. The van der Waals surface area contributed by atoms with Crippen LogP contribution in [0.2, 0.25) is 0 Å². The molecule has 0 radical (unpaired) electrons. The third kappa shape index (κ3) is 3.22. The highest BCUT2D eigenvalue weighted by Gasteiger charge is 2.07. The summed E-state index contributed by atoms with van der Waals surface area (Å²) in [6.45, 7) is 0.506. The van der Waals surface area contributed by atoms with Gasteiger partial charge >= 0.3 is 5.97 Å². The Morgan fingerprint density at radius 1 is 1.21 bits per heavy atom. The monoisotopic (exact) mass is 260 g/mol. The maximum absolute atomic E-state index is 12.7. The van der Waals surface area contributed by atoms with Crippen LogP contribution in [0.1, 0.15) is 15.9 Å². The molecule has 0 heterocycles. The molecule has 0 aliphatic carbocycles. The summed E-state index contributed by atoms with van der Waals surface area (Å²) >= 11 is 0. The molecule has 0 spiro atoms. The lowest BCUT2D eigenvalue weighted by Crippen LogP contribution is -2.04. The quantitative estimate of drug-likeness (QED) is 0.739. The van der Waals surface area contributed by atoms with Crippen LogP contribution in [0.4, 0.5) is 15.8 Å². The number of hydrogen-bond donors (Lipinski definition) is 3. The topological polar surface area (TPSA) is 75.3 Å². The molecule has 5 heteroatoms. The largest absolute Gasteiger partial charge is 0.478 e. The van der Waals surface area contributed by atoms with Crippen LogP contribution in [-0.2, 0) is 6.54 Å². The average molecular weight is 260 g/mol. The molecule has 0 aliphatic rings. The lowest BCUT2D eigenvalue weighted by atomic mass is 10.1. The highest BCUT2D eigenvalue weighted by Crippen LogP contribution is 2.18. The second kappa shape index (κ2) is 5.39. The Labute approximate surface area is 109 Å². The van der Waals surface area contributed by atoms with Gasteiger partial charge in [-0.3, -0.25) is 0 Å². The van der Waals surface area contributed by atoms with Crippen molar-refractivity contribution in [3.63, 3.8) is 0 Å². The van der Waals surface area contributed by atoms with Crippen LogP contribution in [0, 0.1) is 5.82 Å². The summed E-state index contributed by atoms with van der Waals surface area (Å²) < 4.78 is 12.7. The zero-order valence-electron chi connectivity index (χ0n) is 10.1. The molecule has 2 rings (SSSR count). The van der Waals surface area contributed by atoms with Crippen molar-refractivity contribution in [1.29, 1.82) is 0 Å². The Hall–Kier alpha value is -2.56. The number of nitrogens with one attached hydrogen (secondary N) is 1. The maximum atomic E-state index is 12.7. The summed E-state index contributed by atoms with van der Waals surface area (Å²) in [7, 11) is 0. The van der Waals surface area contributed by atoms with Crippen molar-refractivity contribution in [3.8, 4) is 0 Å². The summed E-state index contributed by atoms with van der Waals surface area (Å²) in [6, 6.07) is 10.8. The first-order valence-corrected chi connectivity index (χ1v) is 5.67. The van der Waals surface area contributed by atoms with Crippen molar-refractivity contribution in [2.45, 2.75) is 6.54 Å². The molecular formula is C14H13FN2O2. The van der Waals surface area contributed by atoms with E-state index in [1.165, 1.54) is 18.2 Å². The molecule has 4 nitrogen and oxygen atoms in total. The normalized spacial score (nSPS) is 10.2. The number of nitrogens with two attached hydrogens (primary N) is 1. The first kappa shape index (κ1) is 12.9. The van der Waals surface area contributed by atoms with E-state index in [2.05, 4.69) is 5.32 Å². The number of carboxylic acids is 1. The van der Waals surface area contributed by atoms with Gasteiger partial charge in [-0.15, -0.1) is 0 Å². The van der Waals surface area contributed by atoms with E-state index in [0.29, 0.717) is 12.2 Å². The van der Waals surface area contributed by atoms with E-state index in [9.17, 15) is 9.18 Å². The van der Waals surface area contributed by atoms with Gasteiger partial charge in [0, 0.05) is 17.9 Å². The number of nitrogen functional groups attached to an aromatic ring is 1. The second-order valence-corrected chi connectivity index (χ2v) is 4.09. The lowest BCUT2D eigenvalue weighted by molar-refractivity contribution is 0.0698. The van der Waals surface area contributed by atoms with Gasteiger partial charge in [-0.05, 0) is 35.9 Å². The van der Waals surface area contributed by atoms with Crippen LogP contribution in [-0.4, -0.2) is 11.1 Å². The van der Waals surface area contributed by atoms with Gasteiger partial charge in [0.05, 0.1) is 5.56 Å². The molecule has 19 heavy (non-hydrogen) atoms. The number of hydrogen-bond acceptors (Lipinski definition) is 3. The molecule has 0 saturated carbocycles. The van der Waals surface area contributed by atoms with Gasteiger partial charge in [0.15, 0.2) is 0 Å². The fourth-order valence-corrected chi connectivity index (χ4v) is 1.67. The van der Waals surface area contributed by atoms with E-state index in [1.807, 2.05) is 0 Å². The molecule has 0 saturated heterocycles. The molecule has 0 atom stereocenters. The smallest absolute Gasteiger partial charge is 0.337 e. The molecule has 4 N–H and O–H groups in total. The number of benzene rings is 2. The van der Waals surface area contributed by atoms with Crippen molar-refractivity contribution in [1.82, 2.24) is 0 Å². The number of halogens is 1. The van der Waals surface area contributed by atoms with Gasteiger partial charge in [-0.2, -0.15) is 0 Å². The maximum Gasteiger partial charge on any atom is 0.337 e. The fraction of sp³-hybridized carbons (Fsp3) is 0.0714. The summed E-state index contributed by atoms with van der Waals surface area (Å²) in [5.74, 6) is -1.33. The second-order valence-electron chi connectivity index (χ2n) is 4.09. The van der Waals surface area contributed by atoms with E-state index >= 15 is 0 Å². The zero-order valence-corrected chi connectivity index (χ0v) is 10.1. The summed E-state index contributed by atoms with van der Waals surface area (Å²) in [6.07, 6.45) is 0. The van der Waals surface area contributed by atoms with Crippen LogP contribution in [0.25, 0.3) is 0 Å². The van der Waals surface area contributed by atoms with Crippen molar-refractivity contribution >= 4 is 17.3 Å². The van der Waals surface area contributed by atoms with Gasteiger partial charge < -0.3 is 16.2 Å². The first-order valence-electron chi connectivity index (χ1n) is 5.67. The highest BCUT2D eigenvalue weighted by molar-refractivity contribution is 5.94. The predicted octanol–water partition coefficient (Wildman–Crippen LogP) is 2.72. The Bertz CT molecular complexity index is 597. The van der Waals surface area contributed by atoms with Gasteiger partial charge in [0.2, 0.25) is 0 Å². The van der Waals surface area contributed by atoms with Gasteiger partial charge in [-0.1, -0.05) is 12.1 Å². The standard InChI is InChI=1S/C14H13FN2O2/c15-10-3-1-9(2-4-10)8-17-11-5-6-12(14(18)19)13(16)7-11/h1-7,17H,8,16H2,(H,18,19). The molecular weight excluding hydrogens is 247 g/mol. The first-order chi connectivity index (χ1) is 9.06. The summed E-state index contributed by atoms with van der Waals surface area (Å²) in [5, 5.41) is 11.9. The number of anilines is 2. The lowest BCUT2D eigenvalue weighted by Gasteiger charge is -2.08. The summed E-state index contributed by atoms with van der Waals surface area (Å²) in [5.41, 5.74) is 7.56. The SMILES string of the molecule is Nc1cc(NCc2ccc(F)cc2)ccc1C(=O)O. The van der Waals surface area contributed by atoms with E-state index in [1.54, 1.807) is 24.3 Å². The molecule has 0 amide bonds. The molecule has 0 aliphatic heterocycles. The molecule has 0 unspecified atom stereocenters. The number of aromatic carboxylic acids is 1. The minimum Gasteiger partial charge on any atom is -0.478 e. The number of rotatable bonds is 4. The Morgan fingerprint density at radius 3 is 2.47 bits per heavy atom. The van der Waals surface area contributed by atoms with E-state index in [-0.39, 0.29) is 17.1 Å². The molecule has 2 aromatic rings. The number of carbonyl (C=O) groups is 1. The van der Waals surface area contributed by atoms with Crippen LogP contribution >= 0.6 is 0 Å². The number of carboxylic acid groups (broad SMARTS) is 1. The van der Waals surface area contributed by atoms with E-state index in [0.717, 1.165) is 5.56 Å². The third-order valence-corrected chi connectivity index (χ3v) is 2.69. The molecule has 0 aromatic heterocycles. The van der Waals surface area contributed by atoms with Gasteiger partial charge in [0.1, 0.15) is 5.82 Å². The van der Waals surface area contributed by atoms with Crippen LogP contribution in [0.5, 0.6) is 0 Å². The Morgan fingerprint density at radius 2 is 1.89 bits per heavy atom. The van der Waals surface area contributed by atoms with E-state index in [4.69, 9.17) is 10.8 Å². The molecule has 0 fully saturated rings. The minimum atomic E-state index is -1.05. The van der Waals surface area contributed by atoms with Crippen LogP contribution in [0.15, 0.2) is 42.5 Å². The van der Waals surface area contributed by atoms with Crippen LogP contribution in [0.3, 0.4) is 0 Å². The van der Waals surface area contributed by atoms with Crippen molar-refractivity contribution in [3.05, 3.63) is 59.4 Å². The third-order valence-electron chi connectivity index (χ3n) is 2.69. The molecule has 2 aromatic carbocycles. The zero-order chi connectivity index (χ0) is 13.8. The van der Waals surface area contributed by atoms with Crippen LogP contribution < -0.4 is 11.1 Å². The fourth-order valence-electron chi connectivity index (χ4n) is 1.67. The minimum absolute atomic E-state index is 0.0762. The van der Waals surface area contributed by atoms with Crippen molar-refractivity contribution in [2.75, 3.05) is 11.1 Å². The highest BCUT2D eigenvalue weighted by atomic mass is 19.1.